The molecule has 1 saturated carbocycles. The minimum absolute atomic E-state index is 0.467. The molecule has 0 N–H and O–H groups in total. The van der Waals surface area contributed by atoms with Gasteiger partial charge in [0.2, 0.25) is 0 Å². The SMILES string of the molecule is CC(C)C1CCC(=O)CC1C. The Labute approximate surface area is 69.2 Å². The summed E-state index contributed by atoms with van der Waals surface area (Å²) < 4.78 is 0. The second kappa shape index (κ2) is 3.38. The maximum atomic E-state index is 11.0. The zero-order valence-corrected chi connectivity index (χ0v) is 7.76. The lowest BCUT2D eigenvalue weighted by atomic mass is 9.74. The Morgan fingerprint density at radius 1 is 1.45 bits per heavy atom. The van der Waals surface area contributed by atoms with E-state index in [1.807, 2.05) is 0 Å². The first kappa shape index (κ1) is 8.76. The molecule has 0 aliphatic heterocycles. The molecule has 64 valence electrons. The Morgan fingerprint density at radius 3 is 2.55 bits per heavy atom. The molecule has 1 aliphatic carbocycles. The van der Waals surface area contributed by atoms with Crippen molar-refractivity contribution in [1.29, 1.82) is 0 Å². The molecule has 0 heterocycles. The zero-order valence-electron chi connectivity index (χ0n) is 7.76. The summed E-state index contributed by atoms with van der Waals surface area (Å²) in [6, 6.07) is 0. The highest BCUT2D eigenvalue weighted by atomic mass is 16.1. The Balaban J connectivity index is 2.50. The van der Waals surface area contributed by atoms with Crippen LogP contribution in [0.4, 0.5) is 0 Å². The van der Waals surface area contributed by atoms with Crippen LogP contribution in [0, 0.1) is 17.8 Å². The number of carbonyl (C=O) groups excluding carboxylic acids is 1. The first-order chi connectivity index (χ1) is 5.11. The van der Waals surface area contributed by atoms with Crippen molar-refractivity contribution in [2.45, 2.75) is 40.0 Å². The molecule has 0 spiro atoms. The van der Waals surface area contributed by atoms with Crippen molar-refractivity contribution >= 4 is 5.78 Å². The van der Waals surface area contributed by atoms with Crippen LogP contribution in [0.2, 0.25) is 0 Å². The number of Topliss-reactive ketones (excluding diaryl/α,β-unsaturated/α-hetero) is 1. The summed E-state index contributed by atoms with van der Waals surface area (Å²) in [4.78, 5) is 11.0. The molecule has 1 fully saturated rings. The topological polar surface area (TPSA) is 17.1 Å². The molecular weight excluding hydrogens is 136 g/mol. The number of hydrogen-bond donors (Lipinski definition) is 0. The van der Waals surface area contributed by atoms with E-state index >= 15 is 0 Å². The highest BCUT2D eigenvalue weighted by molar-refractivity contribution is 5.79. The summed E-state index contributed by atoms with van der Waals surface area (Å²) in [5.74, 6) is 2.62. The molecule has 2 unspecified atom stereocenters. The van der Waals surface area contributed by atoms with Crippen LogP contribution in [0.25, 0.3) is 0 Å². The van der Waals surface area contributed by atoms with Crippen LogP contribution in [0.15, 0.2) is 0 Å². The van der Waals surface area contributed by atoms with Crippen LogP contribution in [-0.2, 0) is 4.79 Å². The smallest absolute Gasteiger partial charge is 0.133 e. The Bertz CT molecular complexity index is 149. The molecule has 1 nitrogen and oxygen atoms in total. The maximum absolute atomic E-state index is 11.0. The van der Waals surface area contributed by atoms with E-state index in [1.165, 1.54) is 0 Å². The normalized spacial score (nSPS) is 32.9. The van der Waals surface area contributed by atoms with Gasteiger partial charge in [-0.25, -0.2) is 0 Å². The molecule has 1 rings (SSSR count). The lowest BCUT2D eigenvalue weighted by Crippen LogP contribution is -2.26. The molecule has 0 aromatic rings. The maximum Gasteiger partial charge on any atom is 0.133 e. The predicted octanol–water partition coefficient (Wildman–Crippen LogP) is 2.65. The second-order valence-corrected chi connectivity index (χ2v) is 4.17. The highest BCUT2D eigenvalue weighted by Crippen LogP contribution is 2.32. The van der Waals surface area contributed by atoms with Gasteiger partial charge in [-0.15, -0.1) is 0 Å². The molecule has 0 bridgehead atoms. The standard InChI is InChI=1S/C10H18O/c1-7(2)10-5-4-9(11)6-8(10)3/h7-8,10H,4-6H2,1-3H3. The molecule has 0 saturated heterocycles. The Kier molecular flexibility index (Phi) is 2.69. The molecular formula is C10H18O. The Morgan fingerprint density at radius 2 is 2.09 bits per heavy atom. The monoisotopic (exact) mass is 154 g/mol. The first-order valence-electron chi connectivity index (χ1n) is 4.63. The third kappa shape index (κ3) is 2.05. The van der Waals surface area contributed by atoms with Crippen LogP contribution < -0.4 is 0 Å². The number of hydrogen-bond acceptors (Lipinski definition) is 1. The van der Waals surface area contributed by atoms with Crippen LogP contribution in [0.5, 0.6) is 0 Å². The summed E-state index contributed by atoms with van der Waals surface area (Å²) >= 11 is 0. The minimum atomic E-state index is 0.467. The average molecular weight is 154 g/mol. The van der Waals surface area contributed by atoms with Gasteiger partial charge in [-0.1, -0.05) is 20.8 Å². The molecule has 0 aromatic carbocycles. The average Bonchev–Trinajstić information content (AvgIpc) is 1.85. The van der Waals surface area contributed by atoms with Gasteiger partial charge in [-0.2, -0.15) is 0 Å². The van der Waals surface area contributed by atoms with Crippen LogP contribution in [-0.4, -0.2) is 5.78 Å². The number of ketones is 1. The highest BCUT2D eigenvalue weighted by Gasteiger charge is 2.27. The Hall–Kier alpha value is -0.330. The van der Waals surface area contributed by atoms with Gasteiger partial charge in [-0.3, -0.25) is 4.79 Å². The van der Waals surface area contributed by atoms with Gasteiger partial charge in [0, 0.05) is 12.8 Å². The molecule has 0 radical (unpaired) electrons. The number of rotatable bonds is 1. The fourth-order valence-corrected chi connectivity index (χ4v) is 2.22. The molecule has 1 aliphatic rings. The van der Waals surface area contributed by atoms with E-state index in [4.69, 9.17) is 0 Å². The summed E-state index contributed by atoms with van der Waals surface area (Å²) in [6.45, 7) is 6.73. The summed E-state index contributed by atoms with van der Waals surface area (Å²) in [5, 5.41) is 0. The molecule has 1 heteroatoms. The number of carbonyl (C=O) groups is 1. The fourth-order valence-electron chi connectivity index (χ4n) is 2.22. The van der Waals surface area contributed by atoms with Crippen molar-refractivity contribution in [3.63, 3.8) is 0 Å². The van der Waals surface area contributed by atoms with Crippen molar-refractivity contribution in [3.8, 4) is 0 Å². The molecule has 0 amide bonds. The van der Waals surface area contributed by atoms with Crippen LogP contribution in [0.3, 0.4) is 0 Å². The third-order valence-corrected chi connectivity index (χ3v) is 2.89. The van der Waals surface area contributed by atoms with Gasteiger partial charge in [0.1, 0.15) is 5.78 Å². The minimum Gasteiger partial charge on any atom is -0.300 e. The third-order valence-electron chi connectivity index (χ3n) is 2.89. The van der Waals surface area contributed by atoms with Gasteiger partial charge in [0.15, 0.2) is 0 Å². The van der Waals surface area contributed by atoms with E-state index in [9.17, 15) is 4.79 Å². The summed E-state index contributed by atoms with van der Waals surface area (Å²) in [5.41, 5.74) is 0. The molecule has 11 heavy (non-hydrogen) atoms. The van der Waals surface area contributed by atoms with Crippen molar-refractivity contribution in [2.24, 2.45) is 17.8 Å². The quantitative estimate of drug-likeness (QED) is 0.567. The predicted molar refractivity (Wildman–Crippen MR) is 46.4 cm³/mol. The van der Waals surface area contributed by atoms with Crippen LogP contribution in [0.1, 0.15) is 40.0 Å². The van der Waals surface area contributed by atoms with E-state index < -0.39 is 0 Å². The summed E-state index contributed by atoms with van der Waals surface area (Å²) in [7, 11) is 0. The van der Waals surface area contributed by atoms with Crippen molar-refractivity contribution in [1.82, 2.24) is 0 Å². The first-order valence-corrected chi connectivity index (χ1v) is 4.63. The lowest BCUT2D eigenvalue weighted by Gasteiger charge is -2.30. The van der Waals surface area contributed by atoms with Crippen LogP contribution >= 0.6 is 0 Å². The van der Waals surface area contributed by atoms with Crippen molar-refractivity contribution in [2.75, 3.05) is 0 Å². The van der Waals surface area contributed by atoms with Gasteiger partial charge in [0.05, 0.1) is 0 Å². The summed E-state index contributed by atoms with van der Waals surface area (Å²) in [6.07, 6.45) is 2.77. The second-order valence-electron chi connectivity index (χ2n) is 4.17. The van der Waals surface area contributed by atoms with E-state index in [0.29, 0.717) is 11.7 Å². The molecule has 0 aromatic heterocycles. The van der Waals surface area contributed by atoms with Gasteiger partial charge in [0.25, 0.3) is 0 Å². The van der Waals surface area contributed by atoms with E-state index in [1.54, 1.807) is 0 Å². The van der Waals surface area contributed by atoms with E-state index in [-0.39, 0.29) is 0 Å². The van der Waals surface area contributed by atoms with Gasteiger partial charge >= 0.3 is 0 Å². The fraction of sp³-hybridized carbons (Fsp3) is 0.900. The molecule has 2 atom stereocenters. The van der Waals surface area contributed by atoms with E-state index in [0.717, 1.165) is 31.1 Å². The van der Waals surface area contributed by atoms with Crippen molar-refractivity contribution < 1.29 is 4.79 Å². The van der Waals surface area contributed by atoms with Gasteiger partial charge in [-0.05, 0) is 24.2 Å². The largest absolute Gasteiger partial charge is 0.300 e. The lowest BCUT2D eigenvalue weighted by molar-refractivity contribution is -0.122. The van der Waals surface area contributed by atoms with E-state index in [2.05, 4.69) is 20.8 Å². The van der Waals surface area contributed by atoms with Gasteiger partial charge < -0.3 is 0 Å². The van der Waals surface area contributed by atoms with Crippen molar-refractivity contribution in [3.05, 3.63) is 0 Å². The zero-order chi connectivity index (χ0) is 8.43.